The predicted octanol–water partition coefficient (Wildman–Crippen LogP) is 2.42. The molecule has 0 unspecified atom stereocenters. The number of carbonyl (C=O) groups is 1. The smallest absolute Gasteiger partial charge is 0.408 e. The van der Waals surface area contributed by atoms with Gasteiger partial charge < -0.3 is 9.73 Å². The summed E-state index contributed by atoms with van der Waals surface area (Å²) in [5.74, 6) is -0.651. The molecule has 0 spiro atoms. The van der Waals surface area contributed by atoms with Crippen molar-refractivity contribution in [1.82, 2.24) is 14.8 Å². The Morgan fingerprint density at radius 2 is 2.23 bits per heavy atom. The SMILES string of the molecule is Cc1nn(CCC#N)c(C)c1CCC(=O)Nc1ccc2oc(=O)[nH]c2c1. The van der Waals surface area contributed by atoms with Crippen LogP contribution in [0.2, 0.25) is 0 Å². The first kappa shape index (κ1) is 17.5. The van der Waals surface area contributed by atoms with E-state index in [2.05, 4.69) is 21.5 Å². The summed E-state index contributed by atoms with van der Waals surface area (Å²) in [6, 6.07) is 7.09. The number of aromatic nitrogens is 3. The van der Waals surface area contributed by atoms with E-state index in [0.29, 0.717) is 42.6 Å². The fourth-order valence-corrected chi connectivity index (χ4v) is 2.96. The van der Waals surface area contributed by atoms with Crippen molar-refractivity contribution >= 4 is 22.7 Å². The van der Waals surface area contributed by atoms with Crippen LogP contribution in [0.5, 0.6) is 0 Å². The molecule has 0 fully saturated rings. The number of hydrogen-bond donors (Lipinski definition) is 2. The van der Waals surface area contributed by atoms with Crippen molar-refractivity contribution < 1.29 is 9.21 Å². The summed E-state index contributed by atoms with van der Waals surface area (Å²) in [5, 5.41) is 16.0. The first-order valence-electron chi connectivity index (χ1n) is 8.30. The second kappa shape index (κ2) is 7.27. The van der Waals surface area contributed by atoms with E-state index in [0.717, 1.165) is 17.0 Å². The molecule has 0 aliphatic rings. The lowest BCUT2D eigenvalue weighted by Crippen LogP contribution is -2.12. The molecule has 2 N–H and O–H groups in total. The van der Waals surface area contributed by atoms with Crippen LogP contribution in [-0.4, -0.2) is 20.7 Å². The lowest BCUT2D eigenvalue weighted by molar-refractivity contribution is -0.116. The number of nitrogens with zero attached hydrogens (tertiary/aromatic N) is 3. The van der Waals surface area contributed by atoms with Gasteiger partial charge in [-0.25, -0.2) is 4.79 Å². The molecule has 8 nitrogen and oxygen atoms in total. The summed E-state index contributed by atoms with van der Waals surface area (Å²) < 4.78 is 6.75. The number of nitriles is 1. The number of nitrogens with one attached hydrogen (secondary N) is 2. The number of anilines is 1. The number of aryl methyl sites for hydroxylation is 2. The molecule has 26 heavy (non-hydrogen) atoms. The van der Waals surface area contributed by atoms with Gasteiger partial charge in [-0.3, -0.25) is 14.5 Å². The van der Waals surface area contributed by atoms with Crippen LogP contribution in [0.3, 0.4) is 0 Å². The topological polar surface area (TPSA) is 117 Å². The van der Waals surface area contributed by atoms with Gasteiger partial charge >= 0.3 is 5.76 Å². The number of rotatable bonds is 6. The first-order valence-corrected chi connectivity index (χ1v) is 8.30. The fourth-order valence-electron chi connectivity index (χ4n) is 2.96. The van der Waals surface area contributed by atoms with Gasteiger partial charge in [-0.1, -0.05) is 0 Å². The van der Waals surface area contributed by atoms with Gasteiger partial charge in [-0.2, -0.15) is 10.4 Å². The molecule has 3 rings (SSSR count). The quantitative estimate of drug-likeness (QED) is 0.706. The van der Waals surface area contributed by atoms with E-state index in [1.165, 1.54) is 0 Å². The van der Waals surface area contributed by atoms with Gasteiger partial charge in [0.25, 0.3) is 0 Å². The van der Waals surface area contributed by atoms with Crippen molar-refractivity contribution in [2.45, 2.75) is 39.7 Å². The Balaban J connectivity index is 1.64. The number of benzene rings is 1. The Labute approximate surface area is 149 Å². The highest BCUT2D eigenvalue weighted by Gasteiger charge is 2.13. The van der Waals surface area contributed by atoms with Crippen molar-refractivity contribution in [1.29, 1.82) is 5.26 Å². The molecule has 0 aliphatic carbocycles. The molecule has 8 heteroatoms. The van der Waals surface area contributed by atoms with E-state index in [-0.39, 0.29) is 5.91 Å². The zero-order valence-corrected chi connectivity index (χ0v) is 14.6. The van der Waals surface area contributed by atoms with E-state index >= 15 is 0 Å². The molecule has 2 aromatic heterocycles. The van der Waals surface area contributed by atoms with Crippen LogP contribution in [0.4, 0.5) is 5.69 Å². The van der Waals surface area contributed by atoms with E-state index in [1.54, 1.807) is 18.2 Å². The van der Waals surface area contributed by atoms with Gasteiger partial charge in [0.05, 0.1) is 30.2 Å². The minimum absolute atomic E-state index is 0.126. The number of oxazole rings is 1. The van der Waals surface area contributed by atoms with Gasteiger partial charge in [0, 0.05) is 17.8 Å². The average molecular weight is 353 g/mol. The molecule has 0 radical (unpaired) electrons. The van der Waals surface area contributed by atoms with Crippen molar-refractivity contribution in [2.24, 2.45) is 0 Å². The maximum atomic E-state index is 12.3. The Bertz CT molecular complexity index is 1050. The second-order valence-electron chi connectivity index (χ2n) is 6.05. The van der Waals surface area contributed by atoms with Gasteiger partial charge in [-0.15, -0.1) is 0 Å². The standard InChI is InChI=1S/C18H19N5O3/c1-11-14(12(2)23(22-11)9-3-8-19)5-7-17(24)20-13-4-6-16-15(10-13)21-18(25)26-16/h4,6,10H,3,5,7,9H2,1-2H3,(H,20,24)(H,21,25). The number of aromatic amines is 1. The van der Waals surface area contributed by atoms with E-state index in [9.17, 15) is 9.59 Å². The maximum Gasteiger partial charge on any atom is 0.417 e. The number of amides is 1. The van der Waals surface area contributed by atoms with Crippen molar-refractivity contribution in [3.8, 4) is 6.07 Å². The summed E-state index contributed by atoms with van der Waals surface area (Å²) in [5.41, 5.74) is 4.49. The van der Waals surface area contributed by atoms with Crippen molar-refractivity contribution in [3.05, 3.63) is 45.7 Å². The van der Waals surface area contributed by atoms with Gasteiger partial charge in [0.1, 0.15) is 0 Å². The van der Waals surface area contributed by atoms with Crippen LogP contribution in [-0.2, 0) is 17.8 Å². The lowest BCUT2D eigenvalue weighted by Gasteiger charge is -2.06. The molecule has 0 atom stereocenters. The maximum absolute atomic E-state index is 12.3. The highest BCUT2D eigenvalue weighted by Crippen LogP contribution is 2.18. The molecule has 134 valence electrons. The summed E-state index contributed by atoms with van der Waals surface area (Å²) in [6.45, 7) is 4.42. The van der Waals surface area contributed by atoms with Crippen LogP contribution in [0.15, 0.2) is 27.4 Å². The Kier molecular flexibility index (Phi) is 4.89. The highest BCUT2D eigenvalue weighted by atomic mass is 16.4. The molecule has 0 saturated carbocycles. The molecule has 1 aromatic carbocycles. The normalized spacial score (nSPS) is 10.8. The second-order valence-corrected chi connectivity index (χ2v) is 6.05. The van der Waals surface area contributed by atoms with Gasteiger partial charge in [-0.05, 0) is 44.0 Å². The molecule has 0 aliphatic heterocycles. The molecular formula is C18H19N5O3. The van der Waals surface area contributed by atoms with Crippen LogP contribution in [0.25, 0.3) is 11.1 Å². The number of fused-ring (bicyclic) bond motifs is 1. The third-order valence-electron chi connectivity index (χ3n) is 4.27. The molecule has 0 saturated heterocycles. The number of H-pyrrole nitrogens is 1. The van der Waals surface area contributed by atoms with Crippen LogP contribution in [0.1, 0.15) is 29.8 Å². The first-order chi connectivity index (χ1) is 12.5. The molecule has 0 bridgehead atoms. The fraction of sp³-hybridized carbons (Fsp3) is 0.333. The Morgan fingerprint density at radius 1 is 1.42 bits per heavy atom. The predicted molar refractivity (Wildman–Crippen MR) is 95.7 cm³/mol. The highest BCUT2D eigenvalue weighted by molar-refractivity contribution is 5.92. The largest absolute Gasteiger partial charge is 0.417 e. The third kappa shape index (κ3) is 3.67. The van der Waals surface area contributed by atoms with Crippen molar-refractivity contribution in [3.63, 3.8) is 0 Å². The van der Waals surface area contributed by atoms with Crippen LogP contribution >= 0.6 is 0 Å². The van der Waals surface area contributed by atoms with Crippen LogP contribution < -0.4 is 11.1 Å². The Hall–Kier alpha value is -3.34. The monoisotopic (exact) mass is 353 g/mol. The van der Waals surface area contributed by atoms with Crippen LogP contribution in [0, 0.1) is 25.2 Å². The van der Waals surface area contributed by atoms with E-state index in [4.69, 9.17) is 9.68 Å². The zero-order valence-electron chi connectivity index (χ0n) is 14.6. The van der Waals surface area contributed by atoms with E-state index in [1.807, 2.05) is 18.5 Å². The minimum Gasteiger partial charge on any atom is -0.408 e. The lowest BCUT2D eigenvalue weighted by atomic mass is 10.1. The Morgan fingerprint density at radius 3 is 3.00 bits per heavy atom. The minimum atomic E-state index is -0.525. The molecular weight excluding hydrogens is 334 g/mol. The van der Waals surface area contributed by atoms with Crippen molar-refractivity contribution in [2.75, 3.05) is 5.32 Å². The summed E-state index contributed by atoms with van der Waals surface area (Å²) in [7, 11) is 0. The van der Waals surface area contributed by atoms with Gasteiger partial charge in [0.15, 0.2) is 5.58 Å². The number of hydrogen-bond acceptors (Lipinski definition) is 5. The summed E-state index contributed by atoms with van der Waals surface area (Å²) >= 11 is 0. The molecule has 3 aromatic rings. The van der Waals surface area contributed by atoms with Gasteiger partial charge in [0.2, 0.25) is 5.91 Å². The average Bonchev–Trinajstić information content (AvgIpc) is 3.09. The summed E-state index contributed by atoms with van der Waals surface area (Å²) in [6.07, 6.45) is 1.28. The van der Waals surface area contributed by atoms with E-state index < -0.39 is 5.76 Å². The molecule has 1 amide bonds. The molecule has 2 heterocycles. The zero-order chi connectivity index (χ0) is 18.7. The number of carbonyl (C=O) groups excluding carboxylic acids is 1. The summed E-state index contributed by atoms with van der Waals surface area (Å²) in [4.78, 5) is 26.0. The third-order valence-corrected chi connectivity index (χ3v) is 4.27.